The van der Waals surface area contributed by atoms with Gasteiger partial charge in [0.05, 0.1) is 14.9 Å². The Morgan fingerprint density at radius 2 is 1.83 bits per heavy atom. The third-order valence-corrected chi connectivity index (χ3v) is 4.79. The number of aldehydes is 1. The van der Waals surface area contributed by atoms with Crippen molar-refractivity contribution < 1.29 is 17.6 Å². The number of furan rings is 1. The van der Waals surface area contributed by atoms with Crippen molar-refractivity contribution >= 4 is 39.3 Å². The van der Waals surface area contributed by atoms with Gasteiger partial charge in [0.15, 0.2) is 12.0 Å². The summed E-state index contributed by atoms with van der Waals surface area (Å²) in [5.41, 5.74) is 0. The Labute approximate surface area is 113 Å². The molecule has 2 aromatic rings. The Bertz CT molecular complexity index is 704. The van der Waals surface area contributed by atoms with Gasteiger partial charge < -0.3 is 4.42 Å². The summed E-state index contributed by atoms with van der Waals surface area (Å²) in [5.74, 6) is -0.0771. The van der Waals surface area contributed by atoms with Crippen molar-refractivity contribution in [2.24, 2.45) is 0 Å². The number of sulfone groups is 1. The molecule has 0 saturated carbocycles. The zero-order chi connectivity index (χ0) is 13.3. The van der Waals surface area contributed by atoms with Gasteiger partial charge in [0.1, 0.15) is 0 Å². The summed E-state index contributed by atoms with van der Waals surface area (Å²) in [6.07, 6.45) is 0.415. The van der Waals surface area contributed by atoms with Crippen LogP contribution in [0.3, 0.4) is 0 Å². The topological polar surface area (TPSA) is 64.3 Å². The zero-order valence-corrected chi connectivity index (χ0v) is 11.1. The second-order valence-electron chi connectivity index (χ2n) is 3.33. The van der Waals surface area contributed by atoms with Crippen molar-refractivity contribution in [3.05, 3.63) is 46.1 Å². The minimum absolute atomic E-state index is 0.0771. The maximum atomic E-state index is 12.2. The van der Waals surface area contributed by atoms with Gasteiger partial charge in [0.2, 0.25) is 14.9 Å². The molecule has 0 radical (unpaired) electrons. The summed E-state index contributed by atoms with van der Waals surface area (Å²) >= 11 is 11.6. The molecule has 4 nitrogen and oxygen atoms in total. The largest absolute Gasteiger partial charge is 0.441 e. The Hall–Kier alpha value is -1.30. The summed E-state index contributed by atoms with van der Waals surface area (Å²) in [5, 5.41) is -0.308. The van der Waals surface area contributed by atoms with E-state index in [9.17, 15) is 13.2 Å². The van der Waals surface area contributed by atoms with Crippen LogP contribution in [0.4, 0.5) is 0 Å². The maximum absolute atomic E-state index is 12.2. The Morgan fingerprint density at radius 1 is 1.11 bits per heavy atom. The standard InChI is InChI=1S/C11H6Cl2O4S/c12-8-2-1-3-9(11(8)13)18(15,16)10-5-4-7(6-14)17-10/h1-6H. The lowest BCUT2D eigenvalue weighted by molar-refractivity contribution is 0.109. The molecule has 0 bridgehead atoms. The normalized spacial score (nSPS) is 11.4. The molecular weight excluding hydrogens is 299 g/mol. The van der Waals surface area contributed by atoms with Crippen molar-refractivity contribution in [1.82, 2.24) is 0 Å². The predicted molar refractivity (Wildman–Crippen MR) is 66.0 cm³/mol. The summed E-state index contributed by atoms with van der Waals surface area (Å²) < 4.78 is 29.3. The molecule has 0 spiro atoms. The molecule has 0 unspecified atom stereocenters. The molecule has 1 aromatic carbocycles. The maximum Gasteiger partial charge on any atom is 0.241 e. The van der Waals surface area contributed by atoms with Gasteiger partial charge in [-0.3, -0.25) is 4.79 Å². The van der Waals surface area contributed by atoms with Gasteiger partial charge in [0.25, 0.3) is 0 Å². The van der Waals surface area contributed by atoms with E-state index in [2.05, 4.69) is 0 Å². The SMILES string of the molecule is O=Cc1ccc(S(=O)(=O)c2cccc(Cl)c2Cl)o1. The minimum atomic E-state index is -3.92. The monoisotopic (exact) mass is 304 g/mol. The highest BCUT2D eigenvalue weighted by atomic mass is 35.5. The second-order valence-corrected chi connectivity index (χ2v) is 5.96. The van der Waals surface area contributed by atoms with Gasteiger partial charge in [-0.05, 0) is 24.3 Å². The molecule has 18 heavy (non-hydrogen) atoms. The lowest BCUT2D eigenvalue weighted by atomic mass is 10.4. The molecule has 0 atom stereocenters. The van der Waals surface area contributed by atoms with Crippen LogP contribution in [-0.2, 0) is 9.84 Å². The van der Waals surface area contributed by atoms with E-state index in [1.807, 2.05) is 0 Å². The van der Waals surface area contributed by atoms with E-state index in [0.29, 0.717) is 6.29 Å². The van der Waals surface area contributed by atoms with E-state index >= 15 is 0 Å². The highest BCUT2D eigenvalue weighted by Crippen LogP contribution is 2.33. The second kappa shape index (κ2) is 4.76. The number of hydrogen-bond donors (Lipinski definition) is 0. The number of carbonyl (C=O) groups is 1. The molecule has 0 amide bonds. The van der Waals surface area contributed by atoms with Crippen molar-refractivity contribution in [3.8, 4) is 0 Å². The van der Waals surface area contributed by atoms with E-state index < -0.39 is 9.84 Å². The van der Waals surface area contributed by atoms with Crippen LogP contribution in [0.15, 0.2) is 44.7 Å². The minimum Gasteiger partial charge on any atom is -0.441 e. The van der Waals surface area contributed by atoms with Crippen LogP contribution in [0.1, 0.15) is 10.6 Å². The predicted octanol–water partition coefficient (Wildman–Crippen LogP) is 3.23. The fourth-order valence-corrected chi connectivity index (χ4v) is 3.28. The van der Waals surface area contributed by atoms with Gasteiger partial charge >= 0.3 is 0 Å². The van der Waals surface area contributed by atoms with Crippen molar-refractivity contribution in [3.63, 3.8) is 0 Å². The molecule has 0 N–H and O–H groups in total. The van der Waals surface area contributed by atoms with Crippen LogP contribution < -0.4 is 0 Å². The van der Waals surface area contributed by atoms with Crippen molar-refractivity contribution in [2.75, 3.05) is 0 Å². The first kappa shape index (κ1) is 13.1. The number of hydrogen-bond acceptors (Lipinski definition) is 4. The fraction of sp³-hybridized carbons (Fsp3) is 0. The van der Waals surface area contributed by atoms with E-state index in [4.69, 9.17) is 27.6 Å². The highest BCUT2D eigenvalue weighted by molar-refractivity contribution is 7.91. The molecule has 1 heterocycles. The first-order valence-corrected chi connectivity index (χ1v) is 6.95. The number of benzene rings is 1. The van der Waals surface area contributed by atoms with Crippen LogP contribution in [0.5, 0.6) is 0 Å². The third kappa shape index (κ3) is 2.16. The average Bonchev–Trinajstić information content (AvgIpc) is 2.81. The summed E-state index contributed by atoms with van der Waals surface area (Å²) in [4.78, 5) is 10.3. The van der Waals surface area contributed by atoms with Crippen molar-refractivity contribution in [1.29, 1.82) is 0 Å². The van der Waals surface area contributed by atoms with Crippen LogP contribution in [0, 0.1) is 0 Å². The van der Waals surface area contributed by atoms with E-state index in [0.717, 1.165) is 0 Å². The number of carbonyl (C=O) groups excluding carboxylic acids is 1. The van der Waals surface area contributed by atoms with E-state index in [-0.39, 0.29) is 25.8 Å². The summed E-state index contributed by atoms with van der Waals surface area (Å²) in [6, 6.07) is 6.70. The van der Waals surface area contributed by atoms with Gasteiger partial charge in [-0.25, -0.2) is 8.42 Å². The molecule has 0 aliphatic heterocycles. The van der Waals surface area contributed by atoms with Gasteiger partial charge in [0, 0.05) is 0 Å². The van der Waals surface area contributed by atoms with Gasteiger partial charge in [-0.1, -0.05) is 29.3 Å². The molecule has 94 valence electrons. The highest BCUT2D eigenvalue weighted by Gasteiger charge is 2.25. The van der Waals surface area contributed by atoms with Crippen LogP contribution in [0.2, 0.25) is 10.0 Å². The van der Waals surface area contributed by atoms with Gasteiger partial charge in [-0.2, -0.15) is 0 Å². The first-order chi connectivity index (χ1) is 8.46. The fourth-order valence-electron chi connectivity index (χ4n) is 1.34. The molecule has 7 heteroatoms. The van der Waals surface area contributed by atoms with E-state index in [1.54, 1.807) is 0 Å². The molecule has 0 aliphatic rings. The lowest BCUT2D eigenvalue weighted by Crippen LogP contribution is -2.01. The first-order valence-electron chi connectivity index (χ1n) is 4.71. The molecule has 0 aliphatic carbocycles. The third-order valence-electron chi connectivity index (χ3n) is 2.19. The zero-order valence-electron chi connectivity index (χ0n) is 8.76. The number of halogens is 2. The summed E-state index contributed by atoms with van der Waals surface area (Å²) in [6.45, 7) is 0. The molecule has 1 aromatic heterocycles. The Kier molecular flexibility index (Phi) is 3.47. The lowest BCUT2D eigenvalue weighted by Gasteiger charge is -2.04. The quantitative estimate of drug-likeness (QED) is 0.817. The van der Waals surface area contributed by atoms with E-state index in [1.165, 1.54) is 30.3 Å². The van der Waals surface area contributed by atoms with Crippen LogP contribution in [-0.4, -0.2) is 14.7 Å². The van der Waals surface area contributed by atoms with Crippen LogP contribution >= 0.6 is 23.2 Å². The molecule has 2 rings (SSSR count). The molecular formula is C11H6Cl2O4S. The molecule has 0 fully saturated rings. The van der Waals surface area contributed by atoms with Gasteiger partial charge in [-0.15, -0.1) is 0 Å². The smallest absolute Gasteiger partial charge is 0.241 e. The molecule has 0 saturated heterocycles. The Balaban J connectivity index is 2.61. The average molecular weight is 305 g/mol. The van der Waals surface area contributed by atoms with Crippen LogP contribution in [0.25, 0.3) is 0 Å². The number of rotatable bonds is 3. The van der Waals surface area contributed by atoms with Crippen molar-refractivity contribution in [2.45, 2.75) is 9.99 Å². The summed E-state index contributed by atoms with van der Waals surface area (Å²) in [7, 11) is -3.92. The Morgan fingerprint density at radius 3 is 2.44 bits per heavy atom.